The van der Waals surface area contributed by atoms with Crippen LogP contribution < -0.4 is 9.47 Å². The van der Waals surface area contributed by atoms with Gasteiger partial charge in [0.05, 0.1) is 13.2 Å². The topological polar surface area (TPSA) is 18.5 Å². The lowest BCUT2D eigenvalue weighted by molar-refractivity contribution is 0.287. The van der Waals surface area contributed by atoms with E-state index in [1.54, 1.807) is 0 Å². The Kier molecular flexibility index (Phi) is 7.39. The number of ether oxygens (including phenoxy) is 2. The van der Waals surface area contributed by atoms with E-state index in [9.17, 15) is 0 Å². The fraction of sp³-hybridized carbons (Fsp3) is 0.647. The molecule has 2 heteroatoms. The molecular formula is C17H28O2. The van der Waals surface area contributed by atoms with Crippen LogP contribution in [0, 0.1) is 5.92 Å². The van der Waals surface area contributed by atoms with E-state index in [-0.39, 0.29) is 0 Å². The molecule has 0 amide bonds. The first-order valence-corrected chi connectivity index (χ1v) is 7.55. The lowest BCUT2D eigenvalue weighted by Crippen LogP contribution is -1.99. The summed E-state index contributed by atoms with van der Waals surface area (Å²) in [7, 11) is 0. The van der Waals surface area contributed by atoms with E-state index < -0.39 is 0 Å². The van der Waals surface area contributed by atoms with Crippen LogP contribution in [-0.4, -0.2) is 13.2 Å². The summed E-state index contributed by atoms with van der Waals surface area (Å²) >= 11 is 0. The van der Waals surface area contributed by atoms with Crippen molar-refractivity contribution in [2.24, 2.45) is 5.92 Å². The van der Waals surface area contributed by atoms with Crippen LogP contribution in [0.1, 0.15) is 52.5 Å². The Morgan fingerprint density at radius 2 is 1.63 bits per heavy atom. The van der Waals surface area contributed by atoms with Crippen LogP contribution in [0.25, 0.3) is 0 Å². The summed E-state index contributed by atoms with van der Waals surface area (Å²) in [6.45, 7) is 9.92. The lowest BCUT2D eigenvalue weighted by atomic mass is 10.0. The lowest BCUT2D eigenvalue weighted by Gasteiger charge is -2.12. The molecule has 0 saturated carbocycles. The van der Waals surface area contributed by atoms with Crippen molar-refractivity contribution in [1.29, 1.82) is 0 Å². The molecule has 0 saturated heterocycles. The summed E-state index contributed by atoms with van der Waals surface area (Å²) < 4.78 is 11.2. The largest absolute Gasteiger partial charge is 0.490 e. The number of aryl methyl sites for hydroxylation is 1. The van der Waals surface area contributed by atoms with Crippen molar-refractivity contribution >= 4 is 0 Å². The molecule has 0 atom stereocenters. The van der Waals surface area contributed by atoms with Crippen LogP contribution in [0.15, 0.2) is 18.2 Å². The molecule has 108 valence electrons. The minimum atomic E-state index is 0.674. The van der Waals surface area contributed by atoms with Gasteiger partial charge in [-0.2, -0.15) is 0 Å². The van der Waals surface area contributed by atoms with Crippen molar-refractivity contribution in [2.75, 3.05) is 13.2 Å². The van der Waals surface area contributed by atoms with E-state index in [1.807, 2.05) is 19.9 Å². The summed E-state index contributed by atoms with van der Waals surface area (Å²) in [5.41, 5.74) is 1.34. The summed E-state index contributed by atoms with van der Waals surface area (Å²) in [5, 5.41) is 0. The number of benzene rings is 1. The minimum Gasteiger partial charge on any atom is -0.490 e. The Hall–Kier alpha value is -1.18. The Balaban J connectivity index is 2.56. The maximum Gasteiger partial charge on any atom is 0.161 e. The fourth-order valence-corrected chi connectivity index (χ4v) is 2.13. The molecule has 1 aromatic rings. The number of rotatable bonds is 9. The van der Waals surface area contributed by atoms with Crippen molar-refractivity contribution < 1.29 is 9.47 Å². The predicted molar refractivity (Wildman–Crippen MR) is 81.2 cm³/mol. The Morgan fingerprint density at radius 1 is 0.947 bits per heavy atom. The molecule has 0 aliphatic heterocycles. The summed E-state index contributed by atoms with van der Waals surface area (Å²) in [6, 6.07) is 6.32. The molecule has 19 heavy (non-hydrogen) atoms. The van der Waals surface area contributed by atoms with Gasteiger partial charge >= 0.3 is 0 Å². The first kappa shape index (κ1) is 15.9. The van der Waals surface area contributed by atoms with Gasteiger partial charge in [0.2, 0.25) is 0 Å². The highest BCUT2D eigenvalue weighted by Gasteiger charge is 2.06. The average Bonchev–Trinajstić information content (AvgIpc) is 2.38. The zero-order valence-electron chi connectivity index (χ0n) is 12.9. The minimum absolute atomic E-state index is 0.674. The first-order valence-electron chi connectivity index (χ1n) is 7.55. The molecule has 1 aromatic carbocycles. The van der Waals surface area contributed by atoms with Gasteiger partial charge in [0, 0.05) is 0 Å². The molecule has 0 spiro atoms. The Labute approximate surface area is 118 Å². The summed E-state index contributed by atoms with van der Waals surface area (Å²) in [6.07, 6.45) is 4.99. The zero-order chi connectivity index (χ0) is 14.1. The molecule has 0 radical (unpaired) electrons. The highest BCUT2D eigenvalue weighted by molar-refractivity contribution is 5.43. The highest BCUT2D eigenvalue weighted by atomic mass is 16.5. The number of hydrogen-bond acceptors (Lipinski definition) is 2. The van der Waals surface area contributed by atoms with Crippen LogP contribution in [0.4, 0.5) is 0 Å². The van der Waals surface area contributed by atoms with Gasteiger partial charge < -0.3 is 9.47 Å². The van der Waals surface area contributed by atoms with Crippen LogP contribution in [0.2, 0.25) is 0 Å². The van der Waals surface area contributed by atoms with Crippen molar-refractivity contribution in [3.63, 3.8) is 0 Å². The van der Waals surface area contributed by atoms with Crippen LogP contribution in [-0.2, 0) is 6.42 Å². The third-order valence-electron chi connectivity index (χ3n) is 3.10. The highest BCUT2D eigenvalue weighted by Crippen LogP contribution is 2.29. The van der Waals surface area contributed by atoms with E-state index in [0.29, 0.717) is 13.2 Å². The molecule has 0 aromatic heterocycles. The maximum absolute atomic E-state index is 5.65. The molecule has 1 rings (SSSR count). The fourth-order valence-electron chi connectivity index (χ4n) is 2.13. The van der Waals surface area contributed by atoms with Crippen LogP contribution in [0.5, 0.6) is 11.5 Å². The van der Waals surface area contributed by atoms with Crippen molar-refractivity contribution in [3.05, 3.63) is 23.8 Å². The van der Waals surface area contributed by atoms with E-state index in [4.69, 9.17) is 9.47 Å². The molecule has 0 unspecified atom stereocenters. The Morgan fingerprint density at radius 3 is 2.26 bits per heavy atom. The molecule has 0 bridgehead atoms. The molecule has 0 heterocycles. The maximum atomic E-state index is 5.65. The number of hydrogen-bond donors (Lipinski definition) is 0. The van der Waals surface area contributed by atoms with Gasteiger partial charge in [-0.3, -0.25) is 0 Å². The van der Waals surface area contributed by atoms with Gasteiger partial charge in [0.15, 0.2) is 11.5 Å². The van der Waals surface area contributed by atoms with E-state index in [1.165, 1.54) is 24.8 Å². The predicted octanol–water partition coefficient (Wildman–Crippen LogP) is 4.85. The van der Waals surface area contributed by atoms with Gasteiger partial charge in [0.25, 0.3) is 0 Å². The zero-order valence-corrected chi connectivity index (χ0v) is 12.9. The number of unbranched alkanes of at least 4 members (excludes halogenated alkanes) is 1. The quantitative estimate of drug-likeness (QED) is 0.593. The third kappa shape index (κ3) is 6.00. The third-order valence-corrected chi connectivity index (χ3v) is 3.10. The molecular weight excluding hydrogens is 236 g/mol. The van der Waals surface area contributed by atoms with Crippen molar-refractivity contribution in [3.8, 4) is 11.5 Å². The SMILES string of the molecule is CCOc1ccc(CCCCC(C)C)cc1OCC. The van der Waals surface area contributed by atoms with Gasteiger partial charge in [0.1, 0.15) is 0 Å². The van der Waals surface area contributed by atoms with Crippen molar-refractivity contribution in [1.82, 2.24) is 0 Å². The van der Waals surface area contributed by atoms with Gasteiger partial charge in [-0.25, -0.2) is 0 Å². The standard InChI is InChI=1S/C17H28O2/c1-5-18-16-12-11-15(13-17(16)19-6-2)10-8-7-9-14(3)4/h11-14H,5-10H2,1-4H3. The molecule has 0 fully saturated rings. The molecule has 2 nitrogen and oxygen atoms in total. The Bertz CT molecular complexity index is 358. The molecule has 0 aliphatic rings. The molecule has 0 N–H and O–H groups in total. The monoisotopic (exact) mass is 264 g/mol. The van der Waals surface area contributed by atoms with Gasteiger partial charge in [-0.1, -0.05) is 32.8 Å². The van der Waals surface area contributed by atoms with E-state index in [2.05, 4.69) is 26.0 Å². The second-order valence-corrected chi connectivity index (χ2v) is 5.29. The molecule has 0 aliphatic carbocycles. The van der Waals surface area contributed by atoms with Gasteiger partial charge in [-0.15, -0.1) is 0 Å². The van der Waals surface area contributed by atoms with E-state index in [0.717, 1.165) is 23.8 Å². The second-order valence-electron chi connectivity index (χ2n) is 5.29. The summed E-state index contributed by atoms with van der Waals surface area (Å²) in [4.78, 5) is 0. The van der Waals surface area contributed by atoms with Crippen LogP contribution in [0.3, 0.4) is 0 Å². The van der Waals surface area contributed by atoms with E-state index >= 15 is 0 Å². The summed E-state index contributed by atoms with van der Waals surface area (Å²) in [5.74, 6) is 2.54. The van der Waals surface area contributed by atoms with Crippen LogP contribution >= 0.6 is 0 Å². The average molecular weight is 264 g/mol. The second kappa shape index (κ2) is 8.84. The smallest absolute Gasteiger partial charge is 0.161 e. The van der Waals surface area contributed by atoms with Crippen molar-refractivity contribution in [2.45, 2.75) is 53.4 Å². The normalized spacial score (nSPS) is 10.8. The first-order chi connectivity index (χ1) is 9.17. The van der Waals surface area contributed by atoms with Gasteiger partial charge in [-0.05, 0) is 50.3 Å².